The Morgan fingerprint density at radius 1 is 0.731 bits per heavy atom. The molecule has 0 saturated heterocycles. The highest BCUT2D eigenvalue weighted by molar-refractivity contribution is 6.19. The molecule has 67 heavy (non-hydrogen) atoms. The van der Waals surface area contributed by atoms with Crippen LogP contribution < -0.4 is 22.5 Å². The van der Waals surface area contributed by atoms with Gasteiger partial charge >= 0.3 is 0 Å². The van der Waals surface area contributed by atoms with Crippen molar-refractivity contribution in [3.8, 4) is 5.69 Å². The van der Waals surface area contributed by atoms with Crippen LogP contribution in [0, 0.1) is 5.41 Å². The maximum atomic E-state index is 8.71. The van der Waals surface area contributed by atoms with Gasteiger partial charge in [-0.05, 0) is 109 Å². The standard InChI is InChI=1S/C46H43N5.C6H11N.C3H8.3C2H6/c1-4-7-10-11-13-16-35(31-47)33-22-25-39-40-26-23-34-27-32(21-24-38(34)46(40)51(45(39)30-33)37-17-14-12-15-18-37)36-28-43(41(48)19-8-5-2)50-44(29-36)42(49)20-9-6-3;1-2-3-4-5-6-7;1-3-2;3*1-2/h4-31,44,48,50H,2,47,49H2,1,3H3;3-6H,2,7H2,1H3;3H2,1-2H3;3*1-2H3/b7-4-,9-6-,11-10+,16-13+,19-8-,35-31+,42-20-,48-41?;4-3-,6-5-;;;;. The molecule has 0 saturated carbocycles. The molecule has 5 aromatic rings. The number of para-hydroxylation sites is 1. The van der Waals surface area contributed by atoms with Crippen molar-refractivity contribution in [1.29, 1.82) is 5.41 Å². The monoisotopic (exact) mass is 897 g/mol. The minimum Gasteiger partial charge on any atom is -0.405 e. The van der Waals surface area contributed by atoms with Gasteiger partial charge in [0, 0.05) is 33.7 Å². The Balaban J connectivity index is 0.00000123. The molecule has 2 heterocycles. The van der Waals surface area contributed by atoms with Crippen LogP contribution in [-0.4, -0.2) is 16.3 Å². The topological polar surface area (TPSA) is 119 Å². The zero-order chi connectivity index (χ0) is 50.0. The molecule has 1 unspecified atom stereocenters. The third-order valence-electron chi connectivity index (χ3n) is 9.49. The Morgan fingerprint density at radius 3 is 2.01 bits per heavy atom. The number of hydrogen-bond acceptors (Lipinski definition) is 5. The normalized spacial score (nSPS) is 13.9. The first-order valence-corrected chi connectivity index (χ1v) is 23.9. The molecule has 1 atom stereocenters. The van der Waals surface area contributed by atoms with Crippen molar-refractivity contribution in [2.75, 3.05) is 0 Å². The fourth-order valence-electron chi connectivity index (χ4n) is 6.68. The van der Waals surface area contributed by atoms with Crippen LogP contribution in [0.3, 0.4) is 0 Å². The molecule has 4 aromatic carbocycles. The van der Waals surface area contributed by atoms with Crippen LogP contribution in [0.2, 0.25) is 0 Å². The van der Waals surface area contributed by atoms with Gasteiger partial charge in [-0.1, -0.05) is 203 Å². The van der Waals surface area contributed by atoms with Crippen molar-refractivity contribution in [2.24, 2.45) is 17.2 Å². The second-order valence-electron chi connectivity index (χ2n) is 14.1. The number of nitrogens with two attached hydrogens (primary N) is 3. The summed E-state index contributed by atoms with van der Waals surface area (Å²) in [5.41, 5.74) is 26.8. The number of aromatic nitrogens is 1. The van der Waals surface area contributed by atoms with Crippen LogP contribution in [-0.2, 0) is 0 Å². The molecule has 0 bridgehead atoms. The summed E-state index contributed by atoms with van der Waals surface area (Å²) in [5, 5.41) is 16.7. The molecule has 1 aliphatic heterocycles. The van der Waals surface area contributed by atoms with Crippen molar-refractivity contribution in [3.05, 3.63) is 224 Å². The number of benzene rings is 4. The summed E-state index contributed by atoms with van der Waals surface area (Å²) in [7, 11) is 0. The Hall–Kier alpha value is -7.31. The first-order valence-electron chi connectivity index (χ1n) is 23.9. The third kappa shape index (κ3) is 17.2. The van der Waals surface area contributed by atoms with Gasteiger partial charge in [-0.15, -0.1) is 0 Å². The van der Waals surface area contributed by atoms with Crippen LogP contribution in [0.25, 0.3) is 49.4 Å². The highest BCUT2D eigenvalue weighted by Crippen LogP contribution is 2.39. The number of nitrogens with one attached hydrogen (secondary N) is 2. The van der Waals surface area contributed by atoms with Gasteiger partial charge in [-0.25, -0.2) is 0 Å². The lowest BCUT2D eigenvalue weighted by molar-refractivity contribution is 0.758. The van der Waals surface area contributed by atoms with Crippen LogP contribution in [0.4, 0.5) is 0 Å². The molecule has 0 amide bonds. The zero-order valence-electron chi connectivity index (χ0n) is 42.4. The molecular weight excluding hydrogens is 817 g/mol. The first-order chi connectivity index (χ1) is 32.8. The van der Waals surface area contributed by atoms with E-state index in [-0.39, 0.29) is 6.04 Å². The number of dihydropyridines is 1. The minimum absolute atomic E-state index is 0.270. The molecule has 6 nitrogen and oxygen atoms in total. The van der Waals surface area contributed by atoms with Gasteiger partial charge in [0.2, 0.25) is 0 Å². The Kier molecular flexibility index (Phi) is 29.4. The van der Waals surface area contributed by atoms with Gasteiger partial charge < -0.3 is 27.1 Å². The van der Waals surface area contributed by atoms with Gasteiger partial charge in [-0.2, -0.15) is 0 Å². The van der Waals surface area contributed by atoms with Gasteiger partial charge in [-0.3, -0.25) is 5.41 Å². The van der Waals surface area contributed by atoms with E-state index >= 15 is 0 Å². The van der Waals surface area contributed by atoms with Crippen molar-refractivity contribution in [3.63, 3.8) is 0 Å². The summed E-state index contributed by atoms with van der Waals surface area (Å²) in [5.74, 6) is 0. The lowest BCUT2D eigenvalue weighted by Crippen LogP contribution is -2.36. The van der Waals surface area contributed by atoms with Crippen LogP contribution in [0.15, 0.2) is 213 Å². The second-order valence-corrected chi connectivity index (χ2v) is 14.1. The largest absolute Gasteiger partial charge is 0.405 e. The highest BCUT2D eigenvalue weighted by Gasteiger charge is 2.20. The lowest BCUT2D eigenvalue weighted by Gasteiger charge is -2.25. The number of hydrogen-bond donors (Lipinski definition) is 5. The van der Waals surface area contributed by atoms with E-state index < -0.39 is 0 Å². The maximum Gasteiger partial charge on any atom is 0.0851 e. The average molecular weight is 897 g/mol. The Morgan fingerprint density at radius 2 is 1.39 bits per heavy atom. The van der Waals surface area contributed by atoms with E-state index in [9.17, 15) is 0 Å². The summed E-state index contributed by atoms with van der Waals surface area (Å²) < 4.78 is 2.36. The smallest absolute Gasteiger partial charge is 0.0851 e. The number of fused-ring (bicyclic) bond motifs is 5. The molecule has 1 aromatic heterocycles. The van der Waals surface area contributed by atoms with Crippen molar-refractivity contribution < 1.29 is 0 Å². The van der Waals surface area contributed by atoms with E-state index in [1.165, 1.54) is 23.4 Å². The third-order valence-corrected chi connectivity index (χ3v) is 9.49. The molecule has 1 aliphatic rings. The summed E-state index contributed by atoms with van der Waals surface area (Å²) >= 11 is 0. The Labute approximate surface area is 404 Å². The zero-order valence-corrected chi connectivity index (χ0v) is 42.4. The maximum absolute atomic E-state index is 8.71. The van der Waals surface area contributed by atoms with Gasteiger partial charge in [0.25, 0.3) is 0 Å². The predicted molar refractivity (Wildman–Crippen MR) is 303 cm³/mol. The lowest BCUT2D eigenvalue weighted by atomic mass is 9.94. The van der Waals surface area contributed by atoms with E-state index in [1.807, 2.05) is 140 Å². The molecular formula is C61H80N6. The van der Waals surface area contributed by atoms with Crippen LogP contribution in [0.1, 0.15) is 100 Å². The van der Waals surface area contributed by atoms with E-state index in [0.29, 0.717) is 17.1 Å². The van der Waals surface area contributed by atoms with E-state index in [0.717, 1.165) is 56.2 Å². The number of nitrogens with zero attached hydrogens (tertiary/aromatic N) is 1. The molecule has 0 aliphatic carbocycles. The van der Waals surface area contributed by atoms with Gasteiger partial charge in [0.1, 0.15) is 0 Å². The predicted octanol–water partition coefficient (Wildman–Crippen LogP) is 16.3. The van der Waals surface area contributed by atoms with Gasteiger partial charge in [0.15, 0.2) is 0 Å². The Bertz CT molecular complexity index is 2610. The van der Waals surface area contributed by atoms with Gasteiger partial charge in [0.05, 0.1) is 28.5 Å². The average Bonchev–Trinajstić information content (AvgIpc) is 3.72. The van der Waals surface area contributed by atoms with E-state index in [1.54, 1.807) is 24.4 Å². The second kappa shape index (κ2) is 34.1. The summed E-state index contributed by atoms with van der Waals surface area (Å²) in [6.07, 6.45) is 38.4. The van der Waals surface area contributed by atoms with Crippen molar-refractivity contribution >= 4 is 49.4 Å². The van der Waals surface area contributed by atoms with E-state index in [4.69, 9.17) is 22.6 Å². The highest BCUT2D eigenvalue weighted by atomic mass is 15.0. The fraction of sp³-hybridized carbons (Fsp3) is 0.230. The fourth-order valence-corrected chi connectivity index (χ4v) is 6.68. The summed E-state index contributed by atoms with van der Waals surface area (Å²) in [6, 6.07) is 27.8. The van der Waals surface area contributed by atoms with Crippen LogP contribution in [0.5, 0.6) is 0 Å². The first kappa shape index (κ1) is 57.7. The molecule has 354 valence electrons. The molecule has 0 radical (unpaired) electrons. The van der Waals surface area contributed by atoms with Crippen LogP contribution >= 0.6 is 0 Å². The molecule has 0 fully saturated rings. The summed E-state index contributed by atoms with van der Waals surface area (Å²) in [6.45, 7) is 26.0. The quantitative estimate of drug-likeness (QED) is 0.0597. The molecule has 6 rings (SSSR count). The van der Waals surface area contributed by atoms with Crippen molar-refractivity contribution in [1.82, 2.24) is 9.88 Å². The summed E-state index contributed by atoms with van der Waals surface area (Å²) in [4.78, 5) is 0. The number of rotatable bonds is 13. The van der Waals surface area contributed by atoms with E-state index in [2.05, 4.69) is 116 Å². The van der Waals surface area contributed by atoms with Crippen molar-refractivity contribution in [2.45, 2.75) is 95.0 Å². The molecule has 8 N–H and O–H groups in total. The SMILES string of the molecule is C=C/C=C\C(=N)C1=CC(c2ccc3c(ccc4c5ccc(C(/C=C/C=C/C=C\C)=C/N)cc5n(-c5ccccc5)c34)c2)=CC(/C(N)=C/C=C\C)N1.CC.CC.CC.CC/C=C\C=C/N.CCC. The molecule has 6 heteroatoms. The molecule has 0 spiro atoms. The minimum atomic E-state index is -0.270. The number of allylic oxidation sites excluding steroid dienone is 18.